The second kappa shape index (κ2) is 8.56. The highest BCUT2D eigenvalue weighted by atomic mass is 32.2. The zero-order valence-electron chi connectivity index (χ0n) is 14.6. The Morgan fingerprint density at radius 2 is 2.12 bits per heavy atom. The Bertz CT molecular complexity index is 897. The number of amides is 2. The number of nitrogens with zero attached hydrogens (tertiary/aromatic N) is 1. The van der Waals surface area contributed by atoms with Crippen LogP contribution in [0.2, 0.25) is 0 Å². The maximum absolute atomic E-state index is 14.1. The Hall–Kier alpha value is -2.04. The summed E-state index contributed by atoms with van der Waals surface area (Å²) in [6.45, 7) is 4.96. The van der Waals surface area contributed by atoms with E-state index in [0.29, 0.717) is 41.0 Å². The molecule has 0 aliphatic heterocycles. The van der Waals surface area contributed by atoms with Crippen LogP contribution in [0.4, 0.5) is 14.3 Å². The van der Waals surface area contributed by atoms with E-state index in [1.807, 2.05) is 6.92 Å². The highest BCUT2D eigenvalue weighted by molar-refractivity contribution is 7.90. The molecule has 1 aromatic heterocycles. The molecule has 2 rings (SSSR count). The lowest BCUT2D eigenvalue weighted by Crippen LogP contribution is -2.31. The van der Waals surface area contributed by atoms with Crippen LogP contribution in [0.5, 0.6) is 0 Å². The number of aryl methyl sites for hydroxylation is 1. The monoisotopic (exact) mass is 401 g/mol. The molecule has 0 aliphatic rings. The fourth-order valence-corrected chi connectivity index (χ4v) is 3.87. The van der Waals surface area contributed by atoms with Crippen molar-refractivity contribution in [2.75, 3.05) is 31.3 Å². The summed E-state index contributed by atoms with van der Waals surface area (Å²) in [4.78, 5) is 16.3. The normalized spacial score (nSPS) is 11.4. The molecule has 0 spiro atoms. The Balaban J connectivity index is 2.13. The number of nitrogens with one attached hydrogen (secondary N) is 2. The lowest BCUT2D eigenvalue weighted by Gasteiger charge is -2.05. The summed E-state index contributed by atoms with van der Waals surface area (Å²) < 4.78 is 42.2. The molecule has 0 aliphatic carbocycles. The van der Waals surface area contributed by atoms with Gasteiger partial charge in [-0.05, 0) is 31.5 Å². The molecule has 142 valence electrons. The van der Waals surface area contributed by atoms with Gasteiger partial charge in [-0.1, -0.05) is 17.4 Å². The van der Waals surface area contributed by atoms with Crippen molar-refractivity contribution >= 4 is 32.3 Å². The van der Waals surface area contributed by atoms with E-state index in [1.54, 1.807) is 6.92 Å². The zero-order chi connectivity index (χ0) is 19.3. The van der Waals surface area contributed by atoms with Gasteiger partial charge in [-0.3, -0.25) is 5.32 Å². The molecule has 0 fully saturated rings. The van der Waals surface area contributed by atoms with Gasteiger partial charge in [-0.15, -0.1) is 0 Å². The molecule has 7 nitrogen and oxygen atoms in total. The molecular weight excluding hydrogens is 381 g/mol. The lowest BCUT2D eigenvalue weighted by molar-refractivity contribution is 0.150. The van der Waals surface area contributed by atoms with Gasteiger partial charge in [0.25, 0.3) is 0 Å². The summed E-state index contributed by atoms with van der Waals surface area (Å²) in [6.07, 6.45) is 0.954. The number of benzene rings is 1. The van der Waals surface area contributed by atoms with E-state index in [2.05, 4.69) is 15.6 Å². The molecule has 0 radical (unpaired) electrons. The molecule has 26 heavy (non-hydrogen) atoms. The minimum Gasteiger partial charge on any atom is -0.380 e. The molecule has 1 aromatic carbocycles. The van der Waals surface area contributed by atoms with Crippen LogP contribution >= 0.6 is 11.3 Å². The molecule has 2 N–H and O–H groups in total. The largest absolute Gasteiger partial charge is 0.380 e. The van der Waals surface area contributed by atoms with Crippen LogP contribution in [-0.2, 0) is 14.6 Å². The maximum Gasteiger partial charge on any atom is 0.321 e. The molecule has 0 saturated heterocycles. The van der Waals surface area contributed by atoms with E-state index in [9.17, 15) is 17.6 Å². The van der Waals surface area contributed by atoms with Gasteiger partial charge < -0.3 is 10.1 Å². The average molecular weight is 401 g/mol. The van der Waals surface area contributed by atoms with Gasteiger partial charge in [-0.25, -0.2) is 22.6 Å². The van der Waals surface area contributed by atoms with Gasteiger partial charge in [0.15, 0.2) is 15.0 Å². The zero-order valence-corrected chi connectivity index (χ0v) is 16.3. The van der Waals surface area contributed by atoms with Crippen molar-refractivity contribution in [2.24, 2.45) is 0 Å². The number of sulfone groups is 1. The summed E-state index contributed by atoms with van der Waals surface area (Å²) in [5, 5.41) is 5.61. The van der Waals surface area contributed by atoms with Crippen LogP contribution in [0.3, 0.4) is 0 Å². The minimum atomic E-state index is -3.63. The Labute approximate surface area is 155 Å². The van der Waals surface area contributed by atoms with Gasteiger partial charge in [0.2, 0.25) is 0 Å². The number of anilines is 1. The first-order valence-corrected chi connectivity index (χ1v) is 10.5. The number of rotatable bonds is 7. The number of carbonyl (C=O) groups is 1. The van der Waals surface area contributed by atoms with Crippen molar-refractivity contribution in [2.45, 2.75) is 18.7 Å². The van der Waals surface area contributed by atoms with Crippen molar-refractivity contribution in [3.8, 4) is 10.4 Å². The molecule has 0 atom stereocenters. The number of aromatic nitrogens is 1. The molecular formula is C16H20FN3O4S2. The van der Waals surface area contributed by atoms with E-state index in [0.717, 1.165) is 12.3 Å². The smallest absolute Gasteiger partial charge is 0.321 e. The fourth-order valence-electron chi connectivity index (χ4n) is 2.18. The minimum absolute atomic E-state index is 0.351. The highest BCUT2D eigenvalue weighted by Crippen LogP contribution is 2.34. The number of halogens is 1. The first kappa shape index (κ1) is 20.3. The Morgan fingerprint density at radius 1 is 1.38 bits per heavy atom. The number of hydrogen-bond donors (Lipinski definition) is 2. The fraction of sp³-hybridized carbons (Fsp3) is 0.375. The molecule has 2 aromatic rings. The molecule has 1 heterocycles. The number of ether oxygens (including phenoxy) is 1. The number of carbonyl (C=O) groups excluding carboxylic acids is 1. The van der Waals surface area contributed by atoms with Crippen molar-refractivity contribution in [3.05, 3.63) is 29.7 Å². The third kappa shape index (κ3) is 5.23. The van der Waals surface area contributed by atoms with Crippen LogP contribution in [0.1, 0.15) is 12.6 Å². The van der Waals surface area contributed by atoms with Crippen LogP contribution in [0.25, 0.3) is 10.4 Å². The maximum atomic E-state index is 14.1. The summed E-state index contributed by atoms with van der Waals surface area (Å²) in [5.74, 6) is -0.819. The Kier molecular flexibility index (Phi) is 6.68. The van der Waals surface area contributed by atoms with Crippen LogP contribution in [0.15, 0.2) is 23.1 Å². The third-order valence-corrected chi connectivity index (χ3v) is 5.60. The van der Waals surface area contributed by atoms with E-state index in [4.69, 9.17) is 4.74 Å². The quantitative estimate of drug-likeness (QED) is 0.696. The SMILES string of the molecule is CCOCCNC(=O)Nc1nc(C)c(-c2ccc(S(C)(=O)=O)c(F)c2)s1. The number of thiazole rings is 1. The second-order valence-electron chi connectivity index (χ2n) is 5.43. The van der Waals surface area contributed by atoms with E-state index in [1.165, 1.54) is 23.5 Å². The summed E-state index contributed by atoms with van der Waals surface area (Å²) in [6, 6.07) is 3.49. The van der Waals surface area contributed by atoms with E-state index in [-0.39, 0.29) is 4.90 Å². The second-order valence-corrected chi connectivity index (χ2v) is 8.41. The highest BCUT2D eigenvalue weighted by Gasteiger charge is 2.17. The molecule has 0 saturated carbocycles. The topological polar surface area (TPSA) is 97.4 Å². The van der Waals surface area contributed by atoms with Crippen molar-refractivity contribution in [1.29, 1.82) is 0 Å². The lowest BCUT2D eigenvalue weighted by atomic mass is 10.1. The van der Waals surface area contributed by atoms with Crippen LogP contribution in [-0.4, -0.2) is 45.4 Å². The third-order valence-electron chi connectivity index (χ3n) is 3.35. The van der Waals surface area contributed by atoms with Crippen LogP contribution in [0, 0.1) is 12.7 Å². The van der Waals surface area contributed by atoms with Crippen molar-refractivity contribution < 1.29 is 22.3 Å². The number of urea groups is 1. The van der Waals surface area contributed by atoms with Gasteiger partial charge in [0.05, 0.1) is 17.2 Å². The van der Waals surface area contributed by atoms with Crippen molar-refractivity contribution in [1.82, 2.24) is 10.3 Å². The van der Waals surface area contributed by atoms with E-state index >= 15 is 0 Å². The van der Waals surface area contributed by atoms with Crippen molar-refractivity contribution in [3.63, 3.8) is 0 Å². The molecule has 2 amide bonds. The molecule has 0 unspecified atom stereocenters. The van der Waals surface area contributed by atoms with Gasteiger partial charge >= 0.3 is 6.03 Å². The summed E-state index contributed by atoms with van der Waals surface area (Å²) in [5.41, 5.74) is 1.10. The Morgan fingerprint density at radius 3 is 2.73 bits per heavy atom. The summed E-state index contributed by atoms with van der Waals surface area (Å²) >= 11 is 1.18. The predicted molar refractivity (Wildman–Crippen MR) is 98.9 cm³/mol. The van der Waals surface area contributed by atoms with Gasteiger partial charge in [0.1, 0.15) is 10.7 Å². The number of hydrogen-bond acceptors (Lipinski definition) is 6. The first-order valence-electron chi connectivity index (χ1n) is 7.82. The first-order chi connectivity index (χ1) is 12.2. The van der Waals surface area contributed by atoms with Crippen LogP contribution < -0.4 is 10.6 Å². The molecule has 10 heteroatoms. The van der Waals surface area contributed by atoms with E-state index < -0.39 is 21.7 Å². The average Bonchev–Trinajstić information content (AvgIpc) is 2.90. The van der Waals surface area contributed by atoms with Gasteiger partial charge in [-0.2, -0.15) is 0 Å². The summed E-state index contributed by atoms with van der Waals surface area (Å²) in [7, 11) is -3.63. The predicted octanol–water partition coefficient (Wildman–Crippen LogP) is 2.82. The van der Waals surface area contributed by atoms with Gasteiger partial charge in [0, 0.05) is 19.4 Å². The standard InChI is InChI=1S/C16H20FN3O4S2/c1-4-24-8-7-18-15(21)20-16-19-10(2)14(25-16)11-5-6-13(12(17)9-11)26(3,22)23/h5-6,9H,4,7-8H2,1-3H3,(H2,18,19,20,21). The molecule has 0 bridgehead atoms.